The van der Waals surface area contributed by atoms with Crippen LogP contribution in [0, 0.1) is 74.4 Å². The van der Waals surface area contributed by atoms with E-state index in [1.165, 1.54) is 62.0 Å². The summed E-state index contributed by atoms with van der Waals surface area (Å²) in [7, 11) is 1.75. The zero-order valence-electron chi connectivity index (χ0n) is 46.8. The zero-order valence-corrected chi connectivity index (χ0v) is 48.1. The van der Waals surface area contributed by atoms with Crippen molar-refractivity contribution in [3.05, 3.63) is 225 Å². The second-order valence-electron chi connectivity index (χ2n) is 17.2. The predicted molar refractivity (Wildman–Crippen MR) is 318 cm³/mol. The van der Waals surface area contributed by atoms with Gasteiger partial charge in [-0.05, 0) is 130 Å². The van der Waals surface area contributed by atoms with E-state index in [1.807, 2.05) is 24.3 Å². The van der Waals surface area contributed by atoms with Gasteiger partial charge in [0.15, 0.2) is 16.8 Å². The number of alkyl halides is 1. The first kappa shape index (κ1) is 68.0. The number of aromatic nitrogens is 5. The molecule has 9 aromatic rings. The first-order valence-corrected chi connectivity index (χ1v) is 25.1. The van der Waals surface area contributed by atoms with Crippen molar-refractivity contribution >= 4 is 64.7 Å². The fraction of sp³-hybridized carbons (Fsp3) is 0.0984. The Hall–Kier alpha value is -10.5. The first-order valence-electron chi connectivity index (χ1n) is 25.0. The van der Waals surface area contributed by atoms with Gasteiger partial charge in [0.1, 0.15) is 79.9 Å². The molecule has 0 radical (unpaired) electrons. The highest BCUT2D eigenvalue weighted by molar-refractivity contribution is 6.32. The third kappa shape index (κ3) is 22.4. The summed E-state index contributed by atoms with van der Waals surface area (Å²) in [5.41, 5.74) is 11.5. The molecule has 438 valence electrons. The molecule has 0 bridgehead atoms. The number of anilines is 2. The molecule has 0 aliphatic heterocycles. The van der Waals surface area contributed by atoms with Crippen LogP contribution in [-0.4, -0.2) is 55.3 Å². The van der Waals surface area contributed by atoms with E-state index < -0.39 is 40.8 Å². The van der Waals surface area contributed by atoms with Gasteiger partial charge in [0.25, 0.3) is 0 Å². The van der Waals surface area contributed by atoms with Crippen LogP contribution in [0.5, 0.6) is 0 Å². The summed E-state index contributed by atoms with van der Waals surface area (Å²) in [5.74, 6) is -1.73. The van der Waals surface area contributed by atoms with E-state index in [0.717, 1.165) is 12.4 Å². The highest BCUT2D eigenvalue weighted by atomic mass is 35.5. The van der Waals surface area contributed by atoms with Gasteiger partial charge in [-0.1, -0.05) is 90.7 Å². The molecule has 25 heteroatoms. The number of carbonyl (C=O) groups excluding carboxylic acids is 1. The monoisotopic (exact) mass is 1230 g/mol. The number of nitrogens with zero attached hydrogens (tertiary/aromatic N) is 10. The maximum Gasteiger partial charge on any atom is 0.413 e. The summed E-state index contributed by atoms with van der Waals surface area (Å²) in [6, 6.07) is 46.7. The Morgan fingerprint density at radius 2 is 0.895 bits per heavy atom. The average molecular weight is 1230 g/mol. The van der Waals surface area contributed by atoms with E-state index in [2.05, 4.69) is 35.2 Å². The Labute approximate surface area is 507 Å². The van der Waals surface area contributed by atoms with E-state index in [0.29, 0.717) is 51.7 Å². The van der Waals surface area contributed by atoms with Crippen molar-refractivity contribution in [1.29, 1.82) is 21.0 Å². The molecule has 1 amide bonds. The van der Waals surface area contributed by atoms with Crippen LogP contribution in [0.2, 0.25) is 15.5 Å². The second kappa shape index (κ2) is 34.9. The number of nitriles is 4. The second-order valence-corrected chi connectivity index (χ2v) is 18.4. The summed E-state index contributed by atoms with van der Waals surface area (Å²) in [6.07, 6.45) is 0.366. The molecule has 0 aliphatic rings. The molecule has 5 N–H and O–H groups in total. The lowest BCUT2D eigenvalue weighted by atomic mass is 10.1. The molecule has 0 unspecified atom stereocenters. The molecule has 4 aromatic carbocycles. The number of halogens is 9. The Morgan fingerprint density at radius 1 is 0.547 bits per heavy atom. The number of nitrogens with one attached hydrogen (secondary N) is 2. The van der Waals surface area contributed by atoms with Crippen molar-refractivity contribution in [3.8, 4) is 69.3 Å². The van der Waals surface area contributed by atoms with Gasteiger partial charge >= 0.3 is 6.09 Å². The van der Waals surface area contributed by atoms with Gasteiger partial charge in [-0.3, -0.25) is 20.4 Å². The summed E-state index contributed by atoms with van der Waals surface area (Å²) >= 11 is 16.3. The van der Waals surface area contributed by atoms with Crippen LogP contribution < -0.4 is 16.5 Å². The summed E-state index contributed by atoms with van der Waals surface area (Å²) < 4.78 is 87.2. The van der Waals surface area contributed by atoms with Crippen LogP contribution in [0.3, 0.4) is 0 Å². The van der Waals surface area contributed by atoms with Gasteiger partial charge in [-0.25, -0.2) is 56.7 Å². The summed E-state index contributed by atoms with van der Waals surface area (Å²) in [6.45, 7) is 5.23. The maximum absolute atomic E-state index is 14.0. The number of rotatable bonds is 7. The van der Waals surface area contributed by atoms with Crippen molar-refractivity contribution < 1.29 is 42.5 Å². The van der Waals surface area contributed by atoms with Crippen molar-refractivity contribution in [2.75, 3.05) is 18.2 Å². The fourth-order valence-electron chi connectivity index (χ4n) is 6.41. The number of aliphatic imine (C=N–C) groups is 1. The van der Waals surface area contributed by atoms with Crippen molar-refractivity contribution in [1.82, 2.24) is 30.4 Å². The molecule has 0 fully saturated rings. The largest absolute Gasteiger partial charge is 0.444 e. The van der Waals surface area contributed by atoms with Gasteiger partial charge < -0.3 is 10.5 Å². The minimum atomic E-state index is -0.664. The number of carbonyl (C=O) groups is 1. The highest BCUT2D eigenvalue weighted by Crippen LogP contribution is 2.27. The molecule has 0 saturated carbocycles. The van der Waals surface area contributed by atoms with E-state index in [1.54, 1.807) is 123 Å². The van der Waals surface area contributed by atoms with Crippen LogP contribution in [-0.2, 0) is 4.74 Å². The SMILES string of the molecule is CC(C)(C)OC(=O)Nc1ccc(F)c(-c2ccc(C#N)cc2)n1.CF.Fc1ccc(Cl)nc1Cl.N#Cc1ccc(-c2nc(Cl)ccc2F)cc1.N#Cc1ccc(-c2nc(N)ccc2F)cc1.N#Cc1ccc(-c2nc(N=CNO)ccc2F)cc1.[2H]C. The molecular weight excluding hydrogens is 1180 g/mol. The lowest BCUT2D eigenvalue weighted by Crippen LogP contribution is -2.27. The number of pyridine rings is 5. The topological polar surface area (TPSA) is 269 Å². The molecule has 0 spiro atoms. The fourth-order valence-corrected chi connectivity index (χ4v) is 6.90. The van der Waals surface area contributed by atoms with Crippen LogP contribution in [0.25, 0.3) is 45.0 Å². The number of ether oxygens (including phenoxy) is 1. The first-order chi connectivity index (χ1) is 41.6. The molecule has 0 atom stereocenters. The van der Waals surface area contributed by atoms with E-state index >= 15 is 0 Å². The zero-order chi connectivity index (χ0) is 64.6. The molecule has 16 nitrogen and oxygen atoms in total. The lowest BCUT2D eigenvalue weighted by molar-refractivity contribution is 0.0635. The Balaban J connectivity index is 0.000000286. The number of nitrogens with two attached hydrogens (primary N) is 1. The van der Waals surface area contributed by atoms with Crippen LogP contribution in [0.15, 0.2) is 163 Å². The van der Waals surface area contributed by atoms with Gasteiger partial charge in [-0.2, -0.15) is 21.0 Å². The molecule has 5 aromatic heterocycles. The quantitative estimate of drug-likeness (QED) is 0.0380. The smallest absolute Gasteiger partial charge is 0.413 e. The Bertz CT molecular complexity index is 3810. The third-order valence-electron chi connectivity index (χ3n) is 10.2. The molecular formula is C61H48Cl3F6N13O3. The summed E-state index contributed by atoms with van der Waals surface area (Å²) in [5, 5.41) is 45.9. The van der Waals surface area contributed by atoms with Gasteiger partial charge in [0.05, 0.1) is 53.7 Å². The standard InChI is InChI=1S/C17H16FN3O2.C13H9FN4O.C12H6ClFN2.C12H8FN3.C5H2Cl2FN.CH3F.CH4/c1-17(2,3)23-16(22)21-14-9-8-13(18)15(20-14)12-6-4-11(10-19)5-7-12;14-11-5-6-12(16-8-17-19)18-13(11)10-3-1-9(7-15)2-4-10;13-11-6-5-10(14)12(16-11)9-3-1-8(7-15)2-4-9;13-10-5-6-11(15)16-12(10)9-3-1-8(7-14)2-4-9;6-4-2-1-3(8)5(7)9-4;1-2;/h4-9H,1-3H3,(H,20,21,22);1-6,8,19H,(H,16,17,18);1-6H;1-6H,(H2,15,16);1-2H;1H3;1H4/i;;;;;;1D. The van der Waals surface area contributed by atoms with Crippen molar-refractivity contribution in [3.63, 3.8) is 0 Å². The molecule has 9 rings (SSSR count). The van der Waals surface area contributed by atoms with Crippen LogP contribution >= 0.6 is 34.8 Å². The normalized spacial score (nSPS) is 9.97. The van der Waals surface area contributed by atoms with E-state index in [-0.39, 0.29) is 55.7 Å². The Kier molecular flexibility index (Phi) is 27.6. The van der Waals surface area contributed by atoms with Crippen LogP contribution in [0.1, 0.15) is 51.8 Å². The number of nitrogen functional groups attached to an aromatic ring is 1. The lowest BCUT2D eigenvalue weighted by Gasteiger charge is -2.19. The molecule has 0 aliphatic carbocycles. The average Bonchev–Trinajstić information content (AvgIpc) is 3.45. The minimum absolute atomic E-state index is 0.0862. The third-order valence-corrected chi connectivity index (χ3v) is 10.8. The van der Waals surface area contributed by atoms with E-state index in [4.69, 9.17) is 72.9 Å². The molecule has 5 heterocycles. The molecule has 0 saturated heterocycles. The van der Waals surface area contributed by atoms with Crippen LogP contribution in [0.4, 0.5) is 48.6 Å². The Morgan fingerprint density at radius 3 is 1.28 bits per heavy atom. The minimum Gasteiger partial charge on any atom is -0.444 e. The van der Waals surface area contributed by atoms with Crippen molar-refractivity contribution in [2.24, 2.45) is 4.99 Å². The number of benzene rings is 4. The van der Waals surface area contributed by atoms with Gasteiger partial charge in [0, 0.05) is 23.6 Å². The number of hydrogen-bond acceptors (Lipinski definition) is 14. The number of hydroxylamine groups is 1. The van der Waals surface area contributed by atoms with E-state index in [9.17, 15) is 31.1 Å². The maximum atomic E-state index is 14.0. The van der Waals surface area contributed by atoms with Gasteiger partial charge in [-0.15, -0.1) is 0 Å². The van der Waals surface area contributed by atoms with Crippen molar-refractivity contribution in [2.45, 2.75) is 33.8 Å². The predicted octanol–water partition coefficient (Wildman–Crippen LogP) is 16.0. The summed E-state index contributed by atoms with van der Waals surface area (Å²) in [4.78, 5) is 34.9. The molecule has 86 heavy (non-hydrogen) atoms. The number of amides is 1. The van der Waals surface area contributed by atoms with Gasteiger partial charge in [0.2, 0.25) is 0 Å². The highest BCUT2D eigenvalue weighted by Gasteiger charge is 2.18. The number of hydrogen-bond donors (Lipinski definition) is 4.